The van der Waals surface area contributed by atoms with Gasteiger partial charge in [-0.3, -0.25) is 14.4 Å². The van der Waals surface area contributed by atoms with Gasteiger partial charge >= 0.3 is 0 Å². The van der Waals surface area contributed by atoms with E-state index in [1.54, 1.807) is 13.1 Å². The molecule has 0 saturated carbocycles. The summed E-state index contributed by atoms with van der Waals surface area (Å²) in [6, 6.07) is 4.89. The van der Waals surface area contributed by atoms with Crippen molar-refractivity contribution in [1.82, 2.24) is 10.2 Å². The molecule has 0 heterocycles. The third kappa shape index (κ3) is 5.96. The highest BCUT2D eigenvalue weighted by atomic mass is 79.9. The van der Waals surface area contributed by atoms with Crippen molar-refractivity contribution in [1.29, 1.82) is 0 Å². The molecule has 0 aliphatic carbocycles. The summed E-state index contributed by atoms with van der Waals surface area (Å²) in [5.41, 5.74) is 1.62. The number of benzene rings is 1. The molecule has 6 nitrogen and oxygen atoms in total. The van der Waals surface area contributed by atoms with Crippen molar-refractivity contribution in [2.24, 2.45) is 5.92 Å². The van der Waals surface area contributed by atoms with Crippen molar-refractivity contribution >= 4 is 39.3 Å². The number of likely N-dealkylation sites (N-methyl/N-ethyl adjacent to an activating group) is 1. The van der Waals surface area contributed by atoms with E-state index in [4.69, 9.17) is 0 Å². The molecule has 0 aliphatic heterocycles. The second kappa shape index (κ2) is 8.82. The Morgan fingerprint density at radius 3 is 2.38 bits per heavy atom. The zero-order valence-corrected chi connectivity index (χ0v) is 16.2. The largest absolute Gasteiger partial charge is 0.344 e. The number of halogens is 1. The minimum Gasteiger partial charge on any atom is -0.344 e. The summed E-state index contributed by atoms with van der Waals surface area (Å²) in [7, 11) is 1.55. The summed E-state index contributed by atoms with van der Waals surface area (Å²) >= 11 is 3.37. The average molecular weight is 398 g/mol. The fraction of sp³-hybridized carbons (Fsp3) is 0.471. The van der Waals surface area contributed by atoms with Gasteiger partial charge in [-0.15, -0.1) is 0 Å². The SMILES string of the molecule is CC(=O)NC(C(=O)N(C)CC(=O)Nc1ccc(Br)cc1C)C(C)C. The smallest absolute Gasteiger partial charge is 0.245 e. The molecule has 1 aromatic carbocycles. The number of hydrogen-bond acceptors (Lipinski definition) is 3. The number of carbonyl (C=O) groups is 3. The number of amides is 3. The molecule has 1 atom stereocenters. The van der Waals surface area contributed by atoms with E-state index < -0.39 is 6.04 Å². The van der Waals surface area contributed by atoms with E-state index in [2.05, 4.69) is 26.6 Å². The Bertz CT molecular complexity index is 632. The molecular weight excluding hydrogens is 374 g/mol. The molecule has 0 fully saturated rings. The van der Waals surface area contributed by atoms with Crippen LogP contribution in [-0.2, 0) is 14.4 Å². The van der Waals surface area contributed by atoms with Crippen molar-refractivity contribution in [3.63, 3.8) is 0 Å². The molecule has 1 unspecified atom stereocenters. The molecule has 0 aliphatic rings. The van der Waals surface area contributed by atoms with E-state index in [1.165, 1.54) is 11.8 Å². The first kappa shape index (κ1) is 20.2. The van der Waals surface area contributed by atoms with Gasteiger partial charge in [0.15, 0.2) is 0 Å². The number of anilines is 1. The molecule has 0 aromatic heterocycles. The maximum Gasteiger partial charge on any atom is 0.245 e. The number of aryl methyl sites for hydroxylation is 1. The predicted molar refractivity (Wildman–Crippen MR) is 97.6 cm³/mol. The van der Waals surface area contributed by atoms with Gasteiger partial charge in [-0.1, -0.05) is 29.8 Å². The van der Waals surface area contributed by atoms with Crippen LogP contribution in [0.4, 0.5) is 5.69 Å². The number of hydrogen-bond donors (Lipinski definition) is 2. The zero-order valence-electron chi connectivity index (χ0n) is 14.6. The summed E-state index contributed by atoms with van der Waals surface area (Å²) < 4.78 is 0.931. The highest BCUT2D eigenvalue weighted by Crippen LogP contribution is 2.20. The van der Waals surface area contributed by atoms with Crippen molar-refractivity contribution in [3.05, 3.63) is 28.2 Å². The summed E-state index contributed by atoms with van der Waals surface area (Å²) in [5.74, 6) is -0.921. The number of nitrogens with one attached hydrogen (secondary N) is 2. The molecule has 0 radical (unpaired) electrons. The molecule has 1 aromatic rings. The lowest BCUT2D eigenvalue weighted by Crippen LogP contribution is -2.51. The minimum atomic E-state index is -0.644. The lowest BCUT2D eigenvalue weighted by molar-refractivity contribution is -0.138. The molecule has 24 heavy (non-hydrogen) atoms. The third-order valence-corrected chi connectivity index (χ3v) is 4.00. The van der Waals surface area contributed by atoms with Gasteiger partial charge in [0.1, 0.15) is 6.04 Å². The molecule has 1 rings (SSSR count). The van der Waals surface area contributed by atoms with E-state index in [0.717, 1.165) is 10.0 Å². The Labute approximate surface area is 151 Å². The molecule has 0 saturated heterocycles. The van der Waals surface area contributed by atoms with Crippen molar-refractivity contribution in [2.45, 2.75) is 33.7 Å². The maximum atomic E-state index is 12.4. The van der Waals surface area contributed by atoms with Gasteiger partial charge in [-0.2, -0.15) is 0 Å². The van der Waals surface area contributed by atoms with E-state index in [-0.39, 0.29) is 30.2 Å². The lowest BCUT2D eigenvalue weighted by Gasteiger charge is -2.26. The Kier molecular flexibility index (Phi) is 7.41. The second-order valence-electron chi connectivity index (χ2n) is 6.12. The molecule has 3 amide bonds. The van der Waals surface area contributed by atoms with E-state index in [0.29, 0.717) is 5.69 Å². The van der Waals surface area contributed by atoms with Crippen LogP contribution >= 0.6 is 15.9 Å². The summed E-state index contributed by atoms with van der Waals surface area (Å²) in [6.07, 6.45) is 0. The van der Waals surface area contributed by atoms with Crippen LogP contribution in [0.15, 0.2) is 22.7 Å². The molecule has 0 spiro atoms. The molecule has 132 valence electrons. The Hall–Kier alpha value is -1.89. The maximum absolute atomic E-state index is 12.4. The monoisotopic (exact) mass is 397 g/mol. The number of nitrogens with zero attached hydrogens (tertiary/aromatic N) is 1. The van der Waals surface area contributed by atoms with Gasteiger partial charge in [-0.05, 0) is 36.6 Å². The Balaban J connectivity index is 2.71. The first-order chi connectivity index (χ1) is 11.1. The van der Waals surface area contributed by atoms with Crippen LogP contribution in [-0.4, -0.2) is 42.3 Å². The van der Waals surface area contributed by atoms with Gasteiger partial charge in [0.2, 0.25) is 17.7 Å². The van der Waals surface area contributed by atoms with E-state index in [9.17, 15) is 14.4 Å². The van der Waals surface area contributed by atoms with Gasteiger partial charge < -0.3 is 15.5 Å². The van der Waals surface area contributed by atoms with Gasteiger partial charge in [0.25, 0.3) is 0 Å². The van der Waals surface area contributed by atoms with E-state index in [1.807, 2.05) is 32.9 Å². The first-order valence-corrected chi connectivity index (χ1v) is 8.49. The zero-order chi connectivity index (χ0) is 18.4. The highest BCUT2D eigenvalue weighted by molar-refractivity contribution is 9.10. The second-order valence-corrected chi connectivity index (χ2v) is 7.04. The van der Waals surface area contributed by atoms with Crippen LogP contribution in [0.25, 0.3) is 0 Å². The molecule has 0 bridgehead atoms. The summed E-state index contributed by atoms with van der Waals surface area (Å²) in [6.45, 7) is 6.86. The van der Waals surface area contributed by atoms with Gasteiger partial charge in [-0.25, -0.2) is 0 Å². The van der Waals surface area contributed by atoms with Crippen molar-refractivity contribution in [2.75, 3.05) is 18.9 Å². The van der Waals surface area contributed by atoms with Crippen LogP contribution in [0.1, 0.15) is 26.3 Å². The summed E-state index contributed by atoms with van der Waals surface area (Å²) in [5, 5.41) is 5.42. The predicted octanol–water partition coefficient (Wildman–Crippen LogP) is 2.32. The van der Waals surface area contributed by atoms with E-state index >= 15 is 0 Å². The minimum absolute atomic E-state index is 0.0689. The Morgan fingerprint density at radius 1 is 1.25 bits per heavy atom. The first-order valence-electron chi connectivity index (χ1n) is 7.70. The van der Waals surface area contributed by atoms with Crippen LogP contribution in [0.2, 0.25) is 0 Å². The lowest BCUT2D eigenvalue weighted by atomic mass is 10.0. The van der Waals surface area contributed by atoms with Crippen molar-refractivity contribution in [3.8, 4) is 0 Å². The van der Waals surface area contributed by atoms with Gasteiger partial charge in [0, 0.05) is 24.1 Å². The standard InChI is InChI=1S/C17H24BrN3O3/c1-10(2)16(19-12(4)22)17(24)21(5)9-15(23)20-14-7-6-13(18)8-11(14)3/h6-8,10,16H,9H2,1-5H3,(H,19,22)(H,20,23). The van der Waals surface area contributed by atoms with Crippen LogP contribution in [0.3, 0.4) is 0 Å². The Morgan fingerprint density at radius 2 is 1.88 bits per heavy atom. The number of carbonyl (C=O) groups excluding carboxylic acids is 3. The van der Waals surface area contributed by atoms with Crippen LogP contribution in [0, 0.1) is 12.8 Å². The molecule has 2 N–H and O–H groups in total. The quantitative estimate of drug-likeness (QED) is 0.772. The fourth-order valence-electron chi connectivity index (χ4n) is 2.22. The highest BCUT2D eigenvalue weighted by Gasteiger charge is 2.27. The number of rotatable bonds is 6. The van der Waals surface area contributed by atoms with Gasteiger partial charge in [0.05, 0.1) is 6.54 Å². The van der Waals surface area contributed by atoms with Crippen LogP contribution in [0.5, 0.6) is 0 Å². The molecular formula is C17H24BrN3O3. The topological polar surface area (TPSA) is 78.5 Å². The average Bonchev–Trinajstić information content (AvgIpc) is 2.46. The third-order valence-electron chi connectivity index (χ3n) is 3.51. The van der Waals surface area contributed by atoms with Crippen LogP contribution < -0.4 is 10.6 Å². The summed E-state index contributed by atoms with van der Waals surface area (Å²) in [4.78, 5) is 37.2. The normalized spacial score (nSPS) is 11.8. The fourth-order valence-corrected chi connectivity index (χ4v) is 2.70. The van der Waals surface area contributed by atoms with Crippen molar-refractivity contribution < 1.29 is 14.4 Å². The molecule has 7 heteroatoms.